The summed E-state index contributed by atoms with van der Waals surface area (Å²) in [5, 5.41) is 6.13. The molecule has 31 heavy (non-hydrogen) atoms. The zero-order valence-electron chi connectivity index (χ0n) is 17.0. The monoisotopic (exact) mass is 438 g/mol. The van der Waals surface area contributed by atoms with E-state index in [1.807, 2.05) is 19.1 Å². The van der Waals surface area contributed by atoms with Gasteiger partial charge in [-0.2, -0.15) is 0 Å². The van der Waals surface area contributed by atoms with Gasteiger partial charge in [0.05, 0.1) is 22.1 Å². The zero-order valence-corrected chi connectivity index (χ0v) is 17.8. The first-order valence-electron chi connectivity index (χ1n) is 9.98. The van der Waals surface area contributed by atoms with Gasteiger partial charge in [-0.15, -0.1) is 11.3 Å². The van der Waals surface area contributed by atoms with Crippen LogP contribution in [0.4, 0.5) is 10.8 Å². The molecule has 9 heteroatoms. The summed E-state index contributed by atoms with van der Waals surface area (Å²) in [5.41, 5.74) is 0.825. The maximum atomic E-state index is 13.0. The third-order valence-electron chi connectivity index (χ3n) is 5.02. The number of likely N-dealkylation sites (tertiary alicyclic amines) is 1. The highest BCUT2D eigenvalue weighted by atomic mass is 32.1. The maximum Gasteiger partial charge on any atom is 0.291 e. The lowest BCUT2D eigenvalue weighted by Gasteiger charge is -2.31. The van der Waals surface area contributed by atoms with Gasteiger partial charge in [-0.3, -0.25) is 14.4 Å². The summed E-state index contributed by atoms with van der Waals surface area (Å²) >= 11 is 1.20. The third kappa shape index (κ3) is 5.00. The number of hydrogen-bond donors (Lipinski definition) is 2. The molecule has 1 unspecified atom stereocenters. The molecule has 0 radical (unpaired) electrons. The molecule has 4 heterocycles. The number of anilines is 2. The average molecular weight is 439 g/mol. The Kier molecular flexibility index (Phi) is 6.13. The van der Waals surface area contributed by atoms with Crippen LogP contribution in [0.3, 0.4) is 0 Å². The molecule has 1 fully saturated rings. The lowest BCUT2D eigenvalue weighted by atomic mass is 9.97. The fraction of sp³-hybridized carbons (Fsp3) is 0.273. The second-order valence-electron chi connectivity index (χ2n) is 7.34. The maximum absolute atomic E-state index is 13.0. The van der Waals surface area contributed by atoms with Crippen molar-refractivity contribution >= 4 is 39.9 Å². The number of carbonyl (C=O) groups excluding carboxylic acids is 3. The van der Waals surface area contributed by atoms with E-state index in [1.54, 1.807) is 35.2 Å². The smallest absolute Gasteiger partial charge is 0.291 e. The van der Waals surface area contributed by atoms with Gasteiger partial charge in [0.2, 0.25) is 5.91 Å². The fourth-order valence-corrected chi connectivity index (χ4v) is 4.34. The normalized spacial score (nSPS) is 16.0. The van der Waals surface area contributed by atoms with Gasteiger partial charge in [-0.05, 0) is 56.2 Å². The minimum Gasteiger partial charge on any atom is -0.459 e. The van der Waals surface area contributed by atoms with E-state index >= 15 is 0 Å². The van der Waals surface area contributed by atoms with E-state index in [1.165, 1.54) is 17.6 Å². The Morgan fingerprint density at radius 1 is 1.13 bits per heavy atom. The molecule has 0 bridgehead atoms. The van der Waals surface area contributed by atoms with Crippen molar-refractivity contribution in [1.29, 1.82) is 0 Å². The van der Waals surface area contributed by atoms with Crippen LogP contribution in [0, 0.1) is 12.8 Å². The van der Waals surface area contributed by atoms with Crippen molar-refractivity contribution in [1.82, 2.24) is 9.88 Å². The number of pyridine rings is 1. The Morgan fingerprint density at radius 3 is 2.77 bits per heavy atom. The Bertz CT molecular complexity index is 1090. The van der Waals surface area contributed by atoms with E-state index < -0.39 is 0 Å². The van der Waals surface area contributed by atoms with Crippen LogP contribution < -0.4 is 10.6 Å². The van der Waals surface area contributed by atoms with Crippen molar-refractivity contribution in [3.63, 3.8) is 0 Å². The topological polar surface area (TPSA) is 105 Å². The number of aryl methyl sites for hydroxylation is 1. The van der Waals surface area contributed by atoms with Crippen LogP contribution in [0.1, 0.15) is 38.8 Å². The van der Waals surface area contributed by atoms with Crippen molar-refractivity contribution in [2.24, 2.45) is 5.92 Å². The van der Waals surface area contributed by atoms with Crippen molar-refractivity contribution in [2.75, 3.05) is 23.7 Å². The summed E-state index contributed by atoms with van der Waals surface area (Å²) < 4.78 is 5.08. The number of rotatable bonds is 5. The van der Waals surface area contributed by atoms with Gasteiger partial charge >= 0.3 is 0 Å². The molecule has 1 saturated heterocycles. The Balaban J connectivity index is 1.37. The van der Waals surface area contributed by atoms with Gasteiger partial charge in [-0.1, -0.05) is 6.07 Å². The second kappa shape index (κ2) is 9.13. The lowest BCUT2D eigenvalue weighted by molar-refractivity contribution is -0.121. The van der Waals surface area contributed by atoms with Crippen LogP contribution in [-0.4, -0.2) is 40.7 Å². The molecular formula is C22H22N4O4S. The summed E-state index contributed by atoms with van der Waals surface area (Å²) in [6.07, 6.45) is 2.89. The fourth-order valence-electron chi connectivity index (χ4n) is 3.47. The van der Waals surface area contributed by atoms with Gasteiger partial charge < -0.3 is 20.0 Å². The zero-order chi connectivity index (χ0) is 21.8. The highest BCUT2D eigenvalue weighted by Crippen LogP contribution is 2.26. The molecule has 1 aliphatic heterocycles. The summed E-state index contributed by atoms with van der Waals surface area (Å²) in [7, 11) is 0. The summed E-state index contributed by atoms with van der Waals surface area (Å²) in [6, 6.07) is 12.0. The standard InChI is InChI=1S/C22H22N4O4S/c1-14-5-2-8-18(23-14)24-20(27)15-6-3-11-26(13-15)22(29)17-9-10-19(31-17)25-21(28)16-7-4-12-30-16/h2,4-5,7-10,12,15H,3,6,11,13H2,1H3,(H,25,28)(H,23,24,27). The first-order chi connectivity index (χ1) is 15.0. The summed E-state index contributed by atoms with van der Waals surface area (Å²) in [6.45, 7) is 2.81. The Hall–Kier alpha value is -3.46. The van der Waals surface area contributed by atoms with Crippen molar-refractivity contribution < 1.29 is 18.8 Å². The SMILES string of the molecule is Cc1cccc(NC(=O)C2CCCN(C(=O)c3ccc(NC(=O)c4ccco4)s3)C2)n1. The van der Waals surface area contributed by atoms with E-state index in [0.717, 1.165) is 18.5 Å². The lowest BCUT2D eigenvalue weighted by Crippen LogP contribution is -2.43. The van der Waals surface area contributed by atoms with Crippen molar-refractivity contribution in [2.45, 2.75) is 19.8 Å². The van der Waals surface area contributed by atoms with Gasteiger partial charge in [0.1, 0.15) is 5.82 Å². The number of piperidine rings is 1. The molecule has 2 N–H and O–H groups in total. The van der Waals surface area contributed by atoms with E-state index in [-0.39, 0.29) is 29.4 Å². The van der Waals surface area contributed by atoms with Crippen LogP contribution in [-0.2, 0) is 4.79 Å². The molecule has 3 aromatic heterocycles. The number of hydrogen-bond acceptors (Lipinski definition) is 6. The van der Waals surface area contributed by atoms with Gasteiger partial charge in [0.15, 0.2) is 5.76 Å². The first kappa shape index (κ1) is 20.8. The number of nitrogens with one attached hydrogen (secondary N) is 2. The third-order valence-corrected chi connectivity index (χ3v) is 6.01. The van der Waals surface area contributed by atoms with Crippen LogP contribution in [0.15, 0.2) is 53.1 Å². The molecule has 1 aliphatic rings. The van der Waals surface area contributed by atoms with Crippen LogP contribution >= 0.6 is 11.3 Å². The van der Waals surface area contributed by atoms with Crippen LogP contribution in [0.25, 0.3) is 0 Å². The summed E-state index contributed by atoms with van der Waals surface area (Å²) in [5.74, 6) is -0.218. The molecule has 4 rings (SSSR count). The molecule has 3 aromatic rings. The molecule has 1 atom stereocenters. The minimum atomic E-state index is -0.370. The highest BCUT2D eigenvalue weighted by molar-refractivity contribution is 7.18. The number of nitrogens with zero attached hydrogens (tertiary/aromatic N) is 2. The van der Waals surface area contributed by atoms with E-state index in [9.17, 15) is 14.4 Å². The number of thiophene rings is 1. The predicted octanol–water partition coefficient (Wildman–Crippen LogP) is 3.79. The minimum absolute atomic E-state index is 0.131. The molecule has 160 valence electrons. The molecule has 0 aliphatic carbocycles. The van der Waals surface area contributed by atoms with E-state index in [0.29, 0.717) is 28.8 Å². The number of furan rings is 1. The number of carbonyl (C=O) groups is 3. The predicted molar refractivity (Wildman–Crippen MR) is 117 cm³/mol. The quantitative estimate of drug-likeness (QED) is 0.631. The number of amides is 3. The molecule has 0 spiro atoms. The molecule has 8 nitrogen and oxygen atoms in total. The van der Waals surface area contributed by atoms with Crippen molar-refractivity contribution in [3.05, 3.63) is 65.1 Å². The molecular weight excluding hydrogens is 416 g/mol. The Labute approximate surface area is 183 Å². The van der Waals surface area contributed by atoms with Gasteiger partial charge in [-0.25, -0.2) is 4.98 Å². The van der Waals surface area contributed by atoms with Crippen LogP contribution in [0.5, 0.6) is 0 Å². The van der Waals surface area contributed by atoms with Gasteiger partial charge in [0.25, 0.3) is 11.8 Å². The van der Waals surface area contributed by atoms with Crippen LogP contribution in [0.2, 0.25) is 0 Å². The molecule has 0 aromatic carbocycles. The Morgan fingerprint density at radius 2 is 2.00 bits per heavy atom. The van der Waals surface area contributed by atoms with E-state index in [4.69, 9.17) is 4.42 Å². The van der Waals surface area contributed by atoms with Crippen molar-refractivity contribution in [3.8, 4) is 0 Å². The first-order valence-corrected chi connectivity index (χ1v) is 10.8. The number of aromatic nitrogens is 1. The van der Waals surface area contributed by atoms with Gasteiger partial charge in [0, 0.05) is 18.8 Å². The molecule has 0 saturated carbocycles. The average Bonchev–Trinajstić information content (AvgIpc) is 3.46. The molecule has 3 amide bonds. The largest absolute Gasteiger partial charge is 0.459 e. The van der Waals surface area contributed by atoms with E-state index in [2.05, 4.69) is 15.6 Å². The highest BCUT2D eigenvalue weighted by Gasteiger charge is 2.30. The summed E-state index contributed by atoms with van der Waals surface area (Å²) in [4.78, 5) is 44.2. The second-order valence-corrected chi connectivity index (χ2v) is 8.42.